The average Bonchev–Trinajstić information content (AvgIpc) is 2.80. The van der Waals surface area contributed by atoms with Gasteiger partial charge in [0.05, 0.1) is 10.7 Å². The second kappa shape index (κ2) is 7.46. The second-order valence-corrected chi connectivity index (χ2v) is 5.59. The van der Waals surface area contributed by atoms with Gasteiger partial charge >= 0.3 is 0 Å². The van der Waals surface area contributed by atoms with Gasteiger partial charge in [-0.3, -0.25) is 9.48 Å². The largest absolute Gasteiger partial charge is 0.357 e. The number of amides is 1. The van der Waals surface area contributed by atoms with Crippen LogP contribution in [0.15, 0.2) is 18.3 Å². The summed E-state index contributed by atoms with van der Waals surface area (Å²) in [7, 11) is 1.71. The zero-order chi connectivity index (χ0) is 17.0. The van der Waals surface area contributed by atoms with Crippen molar-refractivity contribution < 1.29 is 4.79 Å². The number of nitrogens with one attached hydrogen (secondary N) is 1. The van der Waals surface area contributed by atoms with Gasteiger partial charge in [0.15, 0.2) is 0 Å². The van der Waals surface area contributed by atoms with Gasteiger partial charge in [-0.05, 0) is 26.8 Å². The summed E-state index contributed by atoms with van der Waals surface area (Å²) < 4.78 is 1.50. The topological polar surface area (TPSA) is 63.1 Å². The predicted octanol–water partition coefficient (Wildman–Crippen LogP) is 2.55. The van der Waals surface area contributed by atoms with Crippen LogP contribution in [0.25, 0.3) is 0 Å². The summed E-state index contributed by atoms with van der Waals surface area (Å²) in [6.45, 7) is 8.05. The number of anilines is 1. The monoisotopic (exact) mass is 335 g/mol. The maximum absolute atomic E-state index is 12.4. The van der Waals surface area contributed by atoms with Crippen molar-refractivity contribution in [1.29, 1.82) is 0 Å². The number of pyridine rings is 1. The molecule has 0 saturated carbocycles. The number of hydrogen-bond donors (Lipinski definition) is 1. The number of carbonyl (C=O) groups is 1. The molecule has 0 atom stereocenters. The van der Waals surface area contributed by atoms with Crippen LogP contribution in [-0.4, -0.2) is 33.8 Å². The molecule has 6 nitrogen and oxygen atoms in total. The lowest BCUT2D eigenvalue weighted by Crippen LogP contribution is -2.28. The third-order valence-electron chi connectivity index (χ3n) is 3.73. The van der Waals surface area contributed by atoms with Crippen molar-refractivity contribution in [2.24, 2.45) is 7.05 Å². The maximum Gasteiger partial charge on any atom is 0.271 e. The summed E-state index contributed by atoms with van der Waals surface area (Å²) in [4.78, 5) is 19.0. The standard InChI is InChI=1S/C16H22ClN5O/c1-5-22(6-2)15-12(8-7-9-18-15)10-19-16(23)14-13(17)11(3)20-21(14)4/h7-9H,5-6,10H2,1-4H3,(H,19,23). The molecule has 2 aromatic rings. The number of nitrogens with zero attached hydrogens (tertiary/aromatic N) is 4. The Kier molecular flexibility index (Phi) is 5.60. The molecule has 0 unspecified atom stereocenters. The molecule has 0 saturated heterocycles. The van der Waals surface area contributed by atoms with Gasteiger partial charge in [-0.15, -0.1) is 0 Å². The Balaban J connectivity index is 2.17. The van der Waals surface area contributed by atoms with E-state index in [1.807, 2.05) is 12.1 Å². The SMILES string of the molecule is CCN(CC)c1ncccc1CNC(=O)c1c(Cl)c(C)nn1C. The minimum atomic E-state index is -0.243. The van der Waals surface area contributed by atoms with Crippen molar-refractivity contribution in [3.63, 3.8) is 0 Å². The number of aryl methyl sites for hydroxylation is 2. The smallest absolute Gasteiger partial charge is 0.271 e. The molecule has 0 fully saturated rings. The highest BCUT2D eigenvalue weighted by Gasteiger charge is 2.19. The Bertz CT molecular complexity index is 694. The van der Waals surface area contributed by atoms with Gasteiger partial charge < -0.3 is 10.2 Å². The van der Waals surface area contributed by atoms with Crippen LogP contribution >= 0.6 is 11.6 Å². The van der Waals surface area contributed by atoms with Gasteiger partial charge in [-0.25, -0.2) is 4.98 Å². The molecule has 0 radical (unpaired) electrons. The van der Waals surface area contributed by atoms with Gasteiger partial charge in [0.1, 0.15) is 11.5 Å². The van der Waals surface area contributed by atoms with Crippen molar-refractivity contribution in [3.8, 4) is 0 Å². The molecule has 2 heterocycles. The van der Waals surface area contributed by atoms with E-state index in [1.54, 1.807) is 20.2 Å². The van der Waals surface area contributed by atoms with Gasteiger partial charge in [0, 0.05) is 38.4 Å². The zero-order valence-corrected chi connectivity index (χ0v) is 14.7. The number of halogens is 1. The number of rotatable bonds is 6. The van der Waals surface area contributed by atoms with Crippen molar-refractivity contribution in [1.82, 2.24) is 20.1 Å². The zero-order valence-electron chi connectivity index (χ0n) is 13.9. The first-order valence-electron chi connectivity index (χ1n) is 7.65. The molecule has 0 aliphatic carbocycles. The van der Waals surface area contributed by atoms with Crippen LogP contribution in [-0.2, 0) is 13.6 Å². The summed E-state index contributed by atoms with van der Waals surface area (Å²) >= 11 is 6.15. The van der Waals surface area contributed by atoms with Gasteiger partial charge in [-0.1, -0.05) is 17.7 Å². The molecule has 0 bridgehead atoms. The molecule has 2 aromatic heterocycles. The molecule has 124 valence electrons. The van der Waals surface area contributed by atoms with Crippen LogP contribution in [0.5, 0.6) is 0 Å². The first kappa shape index (κ1) is 17.3. The summed E-state index contributed by atoms with van der Waals surface area (Å²) in [5.41, 5.74) is 1.99. The van der Waals surface area contributed by atoms with E-state index < -0.39 is 0 Å². The van der Waals surface area contributed by atoms with Crippen LogP contribution in [0, 0.1) is 6.92 Å². The van der Waals surface area contributed by atoms with Crippen molar-refractivity contribution >= 4 is 23.3 Å². The van der Waals surface area contributed by atoms with E-state index in [1.165, 1.54) is 4.68 Å². The molecule has 7 heteroatoms. The number of aromatic nitrogens is 3. The quantitative estimate of drug-likeness (QED) is 0.881. The fourth-order valence-electron chi connectivity index (χ4n) is 2.51. The first-order chi connectivity index (χ1) is 11.0. The van der Waals surface area contributed by atoms with Crippen LogP contribution in [0.4, 0.5) is 5.82 Å². The fraction of sp³-hybridized carbons (Fsp3) is 0.438. The second-order valence-electron chi connectivity index (χ2n) is 5.21. The predicted molar refractivity (Wildman–Crippen MR) is 91.9 cm³/mol. The molecule has 2 rings (SSSR count). The van der Waals surface area contributed by atoms with E-state index in [9.17, 15) is 4.79 Å². The molecule has 23 heavy (non-hydrogen) atoms. The Labute approximate surface area is 141 Å². The summed E-state index contributed by atoms with van der Waals surface area (Å²) in [6.07, 6.45) is 1.76. The third-order valence-corrected chi connectivity index (χ3v) is 4.19. The van der Waals surface area contributed by atoms with Crippen LogP contribution in [0.3, 0.4) is 0 Å². The van der Waals surface area contributed by atoms with E-state index in [0.29, 0.717) is 23.0 Å². The fourth-order valence-corrected chi connectivity index (χ4v) is 2.76. The van der Waals surface area contributed by atoms with Crippen molar-refractivity contribution in [2.75, 3.05) is 18.0 Å². The Morgan fingerprint density at radius 1 is 1.39 bits per heavy atom. The molecular formula is C16H22ClN5O. The van der Waals surface area contributed by atoms with E-state index in [-0.39, 0.29) is 5.91 Å². The highest BCUT2D eigenvalue weighted by molar-refractivity contribution is 6.34. The van der Waals surface area contributed by atoms with Gasteiger partial charge in [0.2, 0.25) is 0 Å². The minimum Gasteiger partial charge on any atom is -0.357 e. The summed E-state index contributed by atoms with van der Waals surface area (Å²) in [5.74, 6) is 0.650. The Morgan fingerprint density at radius 3 is 2.65 bits per heavy atom. The minimum absolute atomic E-state index is 0.243. The first-order valence-corrected chi connectivity index (χ1v) is 8.03. The third kappa shape index (κ3) is 3.64. The van der Waals surface area contributed by atoms with Crippen LogP contribution in [0.1, 0.15) is 35.6 Å². The van der Waals surface area contributed by atoms with Crippen LogP contribution < -0.4 is 10.2 Å². The molecular weight excluding hydrogens is 314 g/mol. The highest BCUT2D eigenvalue weighted by Crippen LogP contribution is 2.20. The Hall–Kier alpha value is -2.08. The van der Waals surface area contributed by atoms with E-state index >= 15 is 0 Å². The number of carbonyl (C=O) groups excluding carboxylic acids is 1. The maximum atomic E-state index is 12.4. The molecule has 0 aliphatic heterocycles. The molecule has 1 N–H and O–H groups in total. The van der Waals surface area contributed by atoms with Gasteiger partial charge in [-0.2, -0.15) is 5.10 Å². The molecule has 0 aromatic carbocycles. The molecule has 0 aliphatic rings. The molecule has 0 spiro atoms. The summed E-state index contributed by atoms with van der Waals surface area (Å²) in [5, 5.41) is 7.45. The molecule has 1 amide bonds. The van der Waals surface area contributed by atoms with Crippen molar-refractivity contribution in [2.45, 2.75) is 27.3 Å². The number of hydrogen-bond acceptors (Lipinski definition) is 4. The lowest BCUT2D eigenvalue weighted by atomic mass is 10.2. The van der Waals surface area contributed by atoms with E-state index in [0.717, 1.165) is 24.5 Å². The lowest BCUT2D eigenvalue weighted by molar-refractivity contribution is 0.0941. The van der Waals surface area contributed by atoms with E-state index in [2.05, 4.69) is 34.1 Å². The Morgan fingerprint density at radius 2 is 2.09 bits per heavy atom. The average molecular weight is 336 g/mol. The summed E-state index contributed by atoms with van der Waals surface area (Å²) in [6, 6.07) is 3.84. The highest BCUT2D eigenvalue weighted by atomic mass is 35.5. The van der Waals surface area contributed by atoms with Crippen LogP contribution in [0.2, 0.25) is 5.02 Å². The lowest BCUT2D eigenvalue weighted by Gasteiger charge is -2.22. The van der Waals surface area contributed by atoms with Crippen molar-refractivity contribution in [3.05, 3.63) is 40.3 Å². The van der Waals surface area contributed by atoms with E-state index in [4.69, 9.17) is 11.6 Å². The van der Waals surface area contributed by atoms with Gasteiger partial charge in [0.25, 0.3) is 5.91 Å². The normalized spacial score (nSPS) is 10.7.